The van der Waals surface area contributed by atoms with Gasteiger partial charge in [-0.05, 0) is 48.5 Å². The van der Waals surface area contributed by atoms with Gasteiger partial charge in [0.2, 0.25) is 0 Å². The molecule has 0 aliphatic carbocycles. The van der Waals surface area contributed by atoms with E-state index in [4.69, 9.17) is 4.99 Å². The van der Waals surface area contributed by atoms with Gasteiger partial charge >= 0.3 is 0 Å². The van der Waals surface area contributed by atoms with Crippen LogP contribution >= 0.6 is 0 Å². The second-order valence-corrected chi connectivity index (χ2v) is 9.65. The topological polar surface area (TPSA) is 45.5 Å². The summed E-state index contributed by atoms with van der Waals surface area (Å²) in [7, 11) is 0. The quantitative estimate of drug-likeness (QED) is 0.195. The normalized spacial score (nSPS) is 12.5. The minimum absolute atomic E-state index is 0. The molecule has 1 N–H and O–H groups in total. The van der Waals surface area contributed by atoms with Crippen LogP contribution in [0.5, 0.6) is 5.75 Å². The standard InChI is InChI=1S/C29H29N2O.Pt/c1-28(2,3)27(24-15-8-9-16-25(24)32)31-29(4,5)22-13-10-12-21(19-22)26-23-14-7-6-11-20(23)17-18-30-26;/h6-18,32H,1-5H3;/q-1;. The third-order valence-electron chi connectivity index (χ3n) is 5.64. The maximum atomic E-state index is 10.5. The summed E-state index contributed by atoms with van der Waals surface area (Å²) >= 11 is 0. The van der Waals surface area contributed by atoms with E-state index in [0.717, 1.165) is 38.9 Å². The van der Waals surface area contributed by atoms with Gasteiger partial charge in [0.25, 0.3) is 0 Å². The summed E-state index contributed by atoms with van der Waals surface area (Å²) in [6.07, 6.45) is 1.84. The molecule has 1 aromatic heterocycles. The van der Waals surface area contributed by atoms with Crippen molar-refractivity contribution in [1.29, 1.82) is 0 Å². The van der Waals surface area contributed by atoms with Crippen LogP contribution in [0.4, 0.5) is 0 Å². The summed E-state index contributed by atoms with van der Waals surface area (Å²) in [5, 5.41) is 12.8. The van der Waals surface area contributed by atoms with E-state index in [1.807, 2.05) is 54.7 Å². The molecule has 0 amide bonds. The molecule has 33 heavy (non-hydrogen) atoms. The van der Waals surface area contributed by atoms with Crippen LogP contribution in [-0.2, 0) is 26.6 Å². The van der Waals surface area contributed by atoms with Gasteiger partial charge in [-0.2, -0.15) is 0 Å². The number of phenolic OH excluding ortho intramolecular Hbond substituents is 1. The fourth-order valence-corrected chi connectivity index (χ4v) is 3.94. The molecule has 4 rings (SSSR count). The average molecular weight is 617 g/mol. The van der Waals surface area contributed by atoms with Crippen LogP contribution in [0.2, 0.25) is 0 Å². The molecule has 4 aromatic rings. The number of nitrogens with zero attached hydrogens (tertiary/aromatic N) is 2. The molecule has 0 aliphatic heterocycles. The number of para-hydroxylation sites is 1. The van der Waals surface area contributed by atoms with Crippen molar-refractivity contribution in [2.45, 2.75) is 40.2 Å². The van der Waals surface area contributed by atoms with Crippen molar-refractivity contribution in [2.24, 2.45) is 10.4 Å². The predicted octanol–water partition coefficient (Wildman–Crippen LogP) is 7.18. The van der Waals surface area contributed by atoms with Crippen LogP contribution < -0.4 is 0 Å². The molecule has 0 atom stereocenters. The molecule has 0 saturated carbocycles. The van der Waals surface area contributed by atoms with Crippen molar-refractivity contribution >= 4 is 16.5 Å². The Morgan fingerprint density at radius 3 is 2.27 bits per heavy atom. The maximum Gasteiger partial charge on any atom is 0.124 e. The first-order valence-electron chi connectivity index (χ1n) is 10.9. The number of benzene rings is 3. The fourth-order valence-electron chi connectivity index (χ4n) is 3.94. The SMILES string of the molecule is CC(C)(C)C(=NC(C)(C)c1[c-]c(-c2nccc3ccccc23)ccc1)c1ccccc1O.[Pt]. The zero-order chi connectivity index (χ0) is 22.9. The van der Waals surface area contributed by atoms with Crippen molar-refractivity contribution in [3.63, 3.8) is 0 Å². The van der Waals surface area contributed by atoms with Gasteiger partial charge in [-0.3, -0.25) is 4.99 Å². The number of pyridine rings is 1. The summed E-state index contributed by atoms with van der Waals surface area (Å²) in [6.45, 7) is 10.5. The summed E-state index contributed by atoms with van der Waals surface area (Å²) in [6, 6.07) is 27.4. The minimum atomic E-state index is -0.550. The Bertz CT molecular complexity index is 1300. The van der Waals surface area contributed by atoms with Crippen molar-refractivity contribution < 1.29 is 26.2 Å². The number of hydrogen-bond acceptors (Lipinski definition) is 3. The Labute approximate surface area is 210 Å². The predicted molar refractivity (Wildman–Crippen MR) is 133 cm³/mol. The first-order chi connectivity index (χ1) is 15.2. The molecule has 0 bridgehead atoms. The second kappa shape index (κ2) is 9.61. The molecule has 0 fully saturated rings. The maximum absolute atomic E-state index is 10.5. The fraction of sp³-hybridized carbons (Fsp3) is 0.241. The van der Waals surface area contributed by atoms with Crippen LogP contribution in [-0.4, -0.2) is 15.8 Å². The number of rotatable bonds is 4. The first-order valence-corrected chi connectivity index (χ1v) is 10.9. The summed E-state index contributed by atoms with van der Waals surface area (Å²) in [4.78, 5) is 9.84. The Balaban J connectivity index is 0.00000306. The number of aromatic nitrogens is 1. The molecule has 3 aromatic carbocycles. The molecule has 0 spiro atoms. The summed E-state index contributed by atoms with van der Waals surface area (Å²) in [5.41, 5.74) is 3.67. The van der Waals surface area contributed by atoms with Crippen molar-refractivity contribution in [2.75, 3.05) is 0 Å². The number of aromatic hydroxyl groups is 1. The molecule has 0 radical (unpaired) electrons. The molecule has 1 heterocycles. The van der Waals surface area contributed by atoms with Crippen LogP contribution in [0.3, 0.4) is 0 Å². The molecular weight excluding hydrogens is 587 g/mol. The number of phenols is 1. The van der Waals surface area contributed by atoms with E-state index in [2.05, 4.69) is 63.9 Å². The van der Waals surface area contributed by atoms with Crippen LogP contribution in [0, 0.1) is 11.5 Å². The van der Waals surface area contributed by atoms with Gasteiger partial charge in [-0.15, -0.1) is 35.4 Å². The van der Waals surface area contributed by atoms with Gasteiger partial charge < -0.3 is 10.1 Å². The average Bonchev–Trinajstić information content (AvgIpc) is 2.77. The van der Waals surface area contributed by atoms with E-state index in [1.54, 1.807) is 6.07 Å². The van der Waals surface area contributed by atoms with E-state index in [1.165, 1.54) is 0 Å². The van der Waals surface area contributed by atoms with E-state index >= 15 is 0 Å². The van der Waals surface area contributed by atoms with Crippen molar-refractivity contribution in [1.82, 2.24) is 4.98 Å². The van der Waals surface area contributed by atoms with E-state index < -0.39 is 5.54 Å². The third kappa shape index (κ3) is 5.25. The van der Waals surface area contributed by atoms with E-state index in [0.29, 0.717) is 0 Å². The van der Waals surface area contributed by atoms with Crippen LogP contribution in [0.25, 0.3) is 22.0 Å². The first kappa shape index (κ1) is 24.9. The second-order valence-electron chi connectivity index (χ2n) is 9.65. The van der Waals surface area contributed by atoms with E-state index in [9.17, 15) is 5.11 Å². The molecule has 172 valence electrons. The zero-order valence-corrected chi connectivity index (χ0v) is 21.9. The van der Waals surface area contributed by atoms with Crippen LogP contribution in [0.15, 0.2) is 84.0 Å². The van der Waals surface area contributed by atoms with Gasteiger partial charge in [0.15, 0.2) is 0 Å². The van der Waals surface area contributed by atoms with Gasteiger partial charge in [-0.1, -0.05) is 57.2 Å². The monoisotopic (exact) mass is 616 g/mol. The Hall–Kier alpha value is -2.77. The molecular formula is C29H29N2OPt-. The largest absolute Gasteiger partial charge is 0.507 e. The number of fused-ring (bicyclic) bond motifs is 1. The molecule has 4 heteroatoms. The Morgan fingerprint density at radius 1 is 0.848 bits per heavy atom. The number of aliphatic imine (C=N–C) groups is 1. The summed E-state index contributed by atoms with van der Waals surface area (Å²) in [5.74, 6) is 0.245. The van der Waals surface area contributed by atoms with Crippen molar-refractivity contribution in [3.8, 4) is 17.0 Å². The zero-order valence-electron chi connectivity index (χ0n) is 19.7. The van der Waals surface area contributed by atoms with Crippen molar-refractivity contribution in [3.05, 3.63) is 96.2 Å². The third-order valence-corrected chi connectivity index (χ3v) is 5.64. The molecule has 0 aliphatic rings. The van der Waals surface area contributed by atoms with Gasteiger partial charge in [-0.25, -0.2) is 0 Å². The Kier molecular flexibility index (Phi) is 7.24. The minimum Gasteiger partial charge on any atom is -0.507 e. The molecule has 0 saturated heterocycles. The van der Waals surface area contributed by atoms with Crippen LogP contribution in [0.1, 0.15) is 45.7 Å². The molecule has 0 unspecified atom stereocenters. The van der Waals surface area contributed by atoms with Gasteiger partial charge in [0.1, 0.15) is 5.75 Å². The van der Waals surface area contributed by atoms with Gasteiger partial charge in [0, 0.05) is 38.2 Å². The molecule has 3 nitrogen and oxygen atoms in total. The smallest absolute Gasteiger partial charge is 0.124 e. The summed E-state index contributed by atoms with van der Waals surface area (Å²) < 4.78 is 0. The van der Waals surface area contributed by atoms with Gasteiger partial charge in [0.05, 0.1) is 11.3 Å². The Morgan fingerprint density at radius 2 is 1.55 bits per heavy atom. The van der Waals surface area contributed by atoms with E-state index in [-0.39, 0.29) is 32.2 Å². The number of hydrogen-bond donors (Lipinski definition) is 1.